The summed E-state index contributed by atoms with van der Waals surface area (Å²) in [6, 6.07) is -0.962. The van der Waals surface area contributed by atoms with Gasteiger partial charge in [-0.3, -0.25) is 14.5 Å². The average Bonchev–Trinajstić information content (AvgIpc) is 3.51. The van der Waals surface area contributed by atoms with Crippen molar-refractivity contribution in [1.29, 1.82) is 0 Å². The molecule has 1 saturated heterocycles. The molecule has 0 bridgehead atoms. The fourth-order valence-corrected chi connectivity index (χ4v) is 7.34. The summed E-state index contributed by atoms with van der Waals surface area (Å²) < 4.78 is 5.30. The maximum atomic E-state index is 12.9. The highest BCUT2D eigenvalue weighted by molar-refractivity contribution is 8.02. The van der Waals surface area contributed by atoms with Gasteiger partial charge in [-0.05, 0) is 5.57 Å². The molecule has 0 saturated carbocycles. The van der Waals surface area contributed by atoms with E-state index in [1.165, 1.54) is 64.9 Å². The van der Waals surface area contributed by atoms with Crippen molar-refractivity contribution in [2.75, 3.05) is 31.5 Å². The second kappa shape index (κ2) is 10.9. The normalized spacial score (nSPS) is 19.4. The number of aromatic nitrogens is 2. The maximum Gasteiger partial charge on any atom is 0.358 e. The zero-order chi connectivity index (χ0) is 26.0. The van der Waals surface area contributed by atoms with Crippen LogP contribution in [0.15, 0.2) is 31.5 Å². The number of rotatable bonds is 9. The van der Waals surface area contributed by atoms with Crippen molar-refractivity contribution in [3.8, 4) is 0 Å². The minimum atomic E-state index is -1.26. The number of hydrogen-bond acceptors (Lipinski definition) is 14. The molecule has 2 aromatic rings. The smallest absolute Gasteiger partial charge is 0.358 e. The Morgan fingerprint density at radius 1 is 1.36 bits per heavy atom. The lowest BCUT2D eigenvalue weighted by molar-refractivity contribution is -0.150. The second-order valence-electron chi connectivity index (χ2n) is 7.08. The number of β-lactam (4-membered cyclic amide) rings is 1. The third-order valence-electron chi connectivity index (χ3n) is 4.99. The molecule has 36 heavy (non-hydrogen) atoms. The first kappa shape index (κ1) is 25.9. The zero-order valence-electron chi connectivity index (χ0n) is 18.6. The van der Waals surface area contributed by atoms with E-state index in [1.807, 2.05) is 0 Å². The molecule has 4 heterocycles. The Kier molecular flexibility index (Phi) is 7.82. The van der Waals surface area contributed by atoms with Gasteiger partial charge in [0, 0.05) is 16.9 Å². The molecule has 0 aromatic carbocycles. The summed E-state index contributed by atoms with van der Waals surface area (Å²) >= 11 is 4.91. The van der Waals surface area contributed by atoms with Gasteiger partial charge < -0.3 is 25.7 Å². The second-order valence-corrected chi connectivity index (χ2v) is 11.2. The number of ether oxygens (including phenoxy) is 1. The number of thioether (sulfide) groups is 2. The standard InChI is InChI=1S/C19H18N6O7S4/c1-31-17(30)11-18(36-6-21-11)34-4-7-3-33-15-10(14(27)25(15)12(7)16(28)29)23-13(26)9(24-32-2)8-5-35-19(20)22-8/h5-6,10,15H,3-4H2,1-2H3,(H2,20,22)(H,23,26)(H,28,29)/b24-9-/t10?,15-/m0/s1. The molecular weight excluding hydrogens is 553 g/mol. The molecule has 190 valence electrons. The molecule has 13 nitrogen and oxygen atoms in total. The van der Waals surface area contributed by atoms with Crippen molar-refractivity contribution in [2.45, 2.75) is 15.6 Å². The number of amides is 2. The highest BCUT2D eigenvalue weighted by Gasteiger charge is 2.54. The first-order valence-corrected chi connectivity index (χ1v) is 13.7. The zero-order valence-corrected chi connectivity index (χ0v) is 21.9. The maximum absolute atomic E-state index is 12.9. The number of nitrogens with one attached hydrogen (secondary N) is 1. The van der Waals surface area contributed by atoms with Gasteiger partial charge in [-0.2, -0.15) is 0 Å². The molecule has 2 aliphatic heterocycles. The molecule has 4 rings (SSSR count). The minimum absolute atomic E-state index is 0.135. The third kappa shape index (κ3) is 4.91. The van der Waals surface area contributed by atoms with Gasteiger partial charge in [-0.1, -0.05) is 5.16 Å². The lowest BCUT2D eigenvalue weighted by Crippen LogP contribution is -2.71. The number of fused-ring (bicyclic) bond motifs is 1. The highest BCUT2D eigenvalue weighted by atomic mass is 32.2. The number of esters is 1. The van der Waals surface area contributed by atoms with Gasteiger partial charge in [-0.15, -0.1) is 46.2 Å². The highest BCUT2D eigenvalue weighted by Crippen LogP contribution is 2.42. The van der Waals surface area contributed by atoms with E-state index in [2.05, 4.69) is 20.4 Å². The summed E-state index contributed by atoms with van der Waals surface area (Å²) in [5.74, 6) is -2.58. The number of hydrogen-bond donors (Lipinski definition) is 3. The molecule has 0 aliphatic carbocycles. The van der Waals surface area contributed by atoms with E-state index in [0.717, 1.165) is 11.3 Å². The number of carbonyl (C=O) groups excluding carboxylic acids is 3. The summed E-state index contributed by atoms with van der Waals surface area (Å²) in [6.07, 6.45) is 0. The number of anilines is 1. The Morgan fingerprint density at radius 3 is 2.78 bits per heavy atom. The van der Waals surface area contributed by atoms with Crippen LogP contribution in [-0.2, 0) is 24.0 Å². The molecule has 4 N–H and O–H groups in total. The number of methoxy groups -OCH3 is 1. The van der Waals surface area contributed by atoms with Crippen molar-refractivity contribution in [1.82, 2.24) is 20.2 Å². The van der Waals surface area contributed by atoms with Crippen LogP contribution >= 0.6 is 46.2 Å². The number of nitrogens with zero attached hydrogens (tertiary/aromatic N) is 4. The van der Waals surface area contributed by atoms with E-state index in [9.17, 15) is 24.3 Å². The first-order chi connectivity index (χ1) is 17.3. The van der Waals surface area contributed by atoms with E-state index in [4.69, 9.17) is 15.3 Å². The lowest BCUT2D eigenvalue weighted by Gasteiger charge is -2.49. The summed E-state index contributed by atoms with van der Waals surface area (Å²) in [4.78, 5) is 63.7. The predicted molar refractivity (Wildman–Crippen MR) is 134 cm³/mol. The van der Waals surface area contributed by atoms with E-state index < -0.39 is 35.2 Å². The van der Waals surface area contributed by atoms with Crippen LogP contribution in [-0.4, -0.2) is 86.6 Å². The van der Waals surface area contributed by atoms with Crippen molar-refractivity contribution < 1.29 is 33.9 Å². The van der Waals surface area contributed by atoms with Crippen LogP contribution in [0.1, 0.15) is 16.2 Å². The summed E-state index contributed by atoms with van der Waals surface area (Å²) in [5, 5.41) is 17.3. The van der Waals surface area contributed by atoms with Gasteiger partial charge in [0.05, 0.1) is 16.8 Å². The summed E-state index contributed by atoms with van der Waals surface area (Å²) in [6.45, 7) is 0. The topological polar surface area (TPSA) is 186 Å². The number of nitrogen functional groups attached to an aromatic ring is 1. The Labute approximate surface area is 220 Å². The van der Waals surface area contributed by atoms with Crippen LogP contribution < -0.4 is 11.1 Å². The number of oxime groups is 1. The molecule has 2 amide bonds. The van der Waals surface area contributed by atoms with Gasteiger partial charge in [0.1, 0.15) is 29.9 Å². The fraction of sp³-hybridized carbons (Fsp3) is 0.316. The number of thiazole rings is 2. The summed E-state index contributed by atoms with van der Waals surface area (Å²) in [5.41, 5.74) is 7.70. The SMILES string of the molecule is CO/N=C(\C(=O)NC1C(=O)N2C(C(=O)O)=C(CSc3scnc3C(=O)OC)CS[C@@H]12)c1csc(N)n1. The van der Waals surface area contributed by atoms with Gasteiger partial charge in [0.2, 0.25) is 0 Å². The predicted octanol–water partition coefficient (Wildman–Crippen LogP) is 0.850. The first-order valence-electron chi connectivity index (χ1n) is 9.94. The van der Waals surface area contributed by atoms with Crippen LogP contribution in [0.5, 0.6) is 0 Å². The Bertz CT molecular complexity index is 1290. The number of nitrogens with two attached hydrogens (primary N) is 1. The quantitative estimate of drug-likeness (QED) is 0.127. The van der Waals surface area contributed by atoms with Crippen LogP contribution in [0.25, 0.3) is 0 Å². The van der Waals surface area contributed by atoms with Crippen molar-refractivity contribution in [3.63, 3.8) is 0 Å². The number of carbonyl (C=O) groups is 4. The third-order valence-corrected chi connectivity index (χ3v) is 9.21. The number of aliphatic carboxylic acids is 1. The number of carboxylic acid groups (broad SMARTS) is 1. The van der Waals surface area contributed by atoms with E-state index in [0.29, 0.717) is 15.5 Å². The van der Waals surface area contributed by atoms with Gasteiger partial charge in [-0.25, -0.2) is 19.6 Å². The van der Waals surface area contributed by atoms with Crippen LogP contribution in [0.2, 0.25) is 0 Å². The molecular formula is C19H18N6O7S4. The van der Waals surface area contributed by atoms with E-state index in [1.54, 1.807) is 0 Å². The molecule has 1 unspecified atom stereocenters. The van der Waals surface area contributed by atoms with Crippen LogP contribution in [0.3, 0.4) is 0 Å². The molecule has 0 radical (unpaired) electrons. The Balaban J connectivity index is 1.49. The van der Waals surface area contributed by atoms with Crippen molar-refractivity contribution in [3.05, 3.63) is 33.5 Å². The van der Waals surface area contributed by atoms with Gasteiger partial charge in [0.15, 0.2) is 16.5 Å². The molecule has 2 atom stereocenters. The fourth-order valence-electron chi connectivity index (χ4n) is 3.42. The molecule has 2 aromatic heterocycles. The average molecular weight is 571 g/mol. The largest absolute Gasteiger partial charge is 0.477 e. The minimum Gasteiger partial charge on any atom is -0.477 e. The summed E-state index contributed by atoms with van der Waals surface area (Å²) in [7, 11) is 2.51. The van der Waals surface area contributed by atoms with E-state index >= 15 is 0 Å². The molecule has 2 aliphatic rings. The molecule has 0 spiro atoms. The monoisotopic (exact) mass is 570 g/mol. The van der Waals surface area contributed by atoms with Crippen molar-refractivity contribution >= 4 is 80.8 Å². The van der Waals surface area contributed by atoms with Crippen LogP contribution in [0, 0.1) is 0 Å². The molecule has 17 heteroatoms. The van der Waals surface area contributed by atoms with Gasteiger partial charge in [0.25, 0.3) is 11.8 Å². The van der Waals surface area contributed by atoms with Crippen LogP contribution in [0.4, 0.5) is 5.13 Å². The number of carboxylic acids is 1. The Hall–Kier alpha value is -3.15. The van der Waals surface area contributed by atoms with Crippen molar-refractivity contribution in [2.24, 2.45) is 5.16 Å². The lowest BCUT2D eigenvalue weighted by atomic mass is 10.0. The van der Waals surface area contributed by atoms with Gasteiger partial charge >= 0.3 is 11.9 Å². The Morgan fingerprint density at radius 2 is 2.14 bits per heavy atom. The molecule has 1 fully saturated rings. The van der Waals surface area contributed by atoms with E-state index in [-0.39, 0.29) is 33.7 Å².